The SMILES string of the molecule is Nc1cc(N)c(Sc2ccc(Br)cc2)c(F)c1Cl. The summed E-state index contributed by atoms with van der Waals surface area (Å²) in [6, 6.07) is 8.92. The predicted octanol–water partition coefficient (Wildman–Crippen LogP) is 4.56. The molecule has 6 heteroatoms. The second kappa shape index (κ2) is 5.38. The Morgan fingerprint density at radius 3 is 2.33 bits per heavy atom. The van der Waals surface area contributed by atoms with Crippen molar-refractivity contribution in [3.63, 3.8) is 0 Å². The van der Waals surface area contributed by atoms with Crippen LogP contribution >= 0.6 is 39.3 Å². The van der Waals surface area contributed by atoms with Crippen LogP contribution in [0.5, 0.6) is 0 Å². The Morgan fingerprint density at radius 1 is 1.11 bits per heavy atom. The van der Waals surface area contributed by atoms with Crippen LogP contribution in [0.15, 0.2) is 44.6 Å². The van der Waals surface area contributed by atoms with Crippen LogP contribution in [0, 0.1) is 5.82 Å². The average molecular weight is 348 g/mol. The van der Waals surface area contributed by atoms with E-state index in [-0.39, 0.29) is 21.3 Å². The van der Waals surface area contributed by atoms with E-state index in [0.717, 1.165) is 9.37 Å². The first kappa shape index (κ1) is 13.5. The summed E-state index contributed by atoms with van der Waals surface area (Å²) in [5.74, 6) is -0.581. The quantitative estimate of drug-likeness (QED) is 0.783. The summed E-state index contributed by atoms with van der Waals surface area (Å²) in [4.78, 5) is 1.15. The summed E-state index contributed by atoms with van der Waals surface area (Å²) >= 11 is 10.3. The molecule has 18 heavy (non-hydrogen) atoms. The molecule has 0 fully saturated rings. The van der Waals surface area contributed by atoms with Crippen LogP contribution in [0.4, 0.5) is 15.8 Å². The molecular formula is C12H9BrClFN2S. The first-order valence-corrected chi connectivity index (χ1v) is 6.94. The molecule has 0 spiro atoms. The number of nitrogen functional groups attached to an aromatic ring is 2. The third-order valence-corrected chi connectivity index (χ3v) is 4.29. The second-order valence-electron chi connectivity index (χ2n) is 3.57. The number of halogens is 3. The molecule has 2 nitrogen and oxygen atoms in total. The predicted molar refractivity (Wildman–Crippen MR) is 78.5 cm³/mol. The lowest BCUT2D eigenvalue weighted by atomic mass is 10.3. The first-order chi connectivity index (χ1) is 8.49. The smallest absolute Gasteiger partial charge is 0.159 e. The van der Waals surface area contributed by atoms with Crippen LogP contribution in [-0.2, 0) is 0 Å². The standard InChI is InChI=1S/C12H9BrClFN2S/c13-6-1-3-7(4-2-6)18-12-9(17)5-8(16)10(14)11(12)15/h1-5H,16-17H2. The lowest BCUT2D eigenvalue weighted by Crippen LogP contribution is -1.97. The van der Waals surface area contributed by atoms with E-state index < -0.39 is 5.82 Å². The van der Waals surface area contributed by atoms with Crippen LogP contribution in [0.2, 0.25) is 5.02 Å². The minimum Gasteiger partial charge on any atom is -0.398 e. The molecule has 94 valence electrons. The van der Waals surface area contributed by atoms with E-state index in [1.54, 1.807) is 0 Å². The van der Waals surface area contributed by atoms with Gasteiger partial charge >= 0.3 is 0 Å². The lowest BCUT2D eigenvalue weighted by molar-refractivity contribution is 0.604. The van der Waals surface area contributed by atoms with Crippen molar-refractivity contribution in [3.8, 4) is 0 Å². The molecule has 2 rings (SSSR count). The maximum absolute atomic E-state index is 14.0. The third kappa shape index (κ3) is 2.74. The maximum Gasteiger partial charge on any atom is 0.159 e. The molecule has 2 aromatic rings. The van der Waals surface area contributed by atoms with E-state index in [9.17, 15) is 4.39 Å². The van der Waals surface area contributed by atoms with Gasteiger partial charge in [-0.1, -0.05) is 39.3 Å². The zero-order valence-corrected chi connectivity index (χ0v) is 12.2. The van der Waals surface area contributed by atoms with Gasteiger partial charge in [0.15, 0.2) is 5.82 Å². The van der Waals surface area contributed by atoms with Gasteiger partial charge in [0.25, 0.3) is 0 Å². The van der Waals surface area contributed by atoms with E-state index in [2.05, 4.69) is 15.9 Å². The molecule has 0 aliphatic carbocycles. The summed E-state index contributed by atoms with van der Waals surface area (Å²) < 4.78 is 14.9. The molecule has 4 N–H and O–H groups in total. The number of benzene rings is 2. The van der Waals surface area contributed by atoms with Crippen molar-refractivity contribution in [2.75, 3.05) is 11.5 Å². The van der Waals surface area contributed by atoms with Gasteiger partial charge in [0, 0.05) is 9.37 Å². The van der Waals surface area contributed by atoms with Gasteiger partial charge in [-0.2, -0.15) is 0 Å². The Bertz CT molecular complexity index is 590. The first-order valence-electron chi connectivity index (χ1n) is 4.95. The van der Waals surface area contributed by atoms with Crippen LogP contribution < -0.4 is 11.5 Å². The molecule has 2 aromatic carbocycles. The monoisotopic (exact) mass is 346 g/mol. The summed E-state index contributed by atoms with van der Waals surface area (Å²) in [7, 11) is 0. The van der Waals surface area contributed by atoms with Crippen LogP contribution in [0.1, 0.15) is 0 Å². The summed E-state index contributed by atoms with van der Waals surface area (Å²) in [5, 5.41) is -0.0937. The van der Waals surface area contributed by atoms with E-state index >= 15 is 0 Å². The van der Waals surface area contributed by atoms with Gasteiger partial charge in [0.05, 0.1) is 16.3 Å². The van der Waals surface area contributed by atoms with Gasteiger partial charge in [-0.15, -0.1) is 0 Å². The minimum atomic E-state index is -0.581. The number of rotatable bonds is 2. The molecule has 0 unspecified atom stereocenters. The molecule has 0 saturated carbocycles. The number of anilines is 2. The average Bonchev–Trinajstić information content (AvgIpc) is 2.34. The van der Waals surface area contributed by atoms with Gasteiger partial charge in [-0.3, -0.25) is 0 Å². The molecule has 0 bridgehead atoms. The molecular weight excluding hydrogens is 339 g/mol. The fraction of sp³-hybridized carbons (Fsp3) is 0. The zero-order chi connectivity index (χ0) is 13.3. The van der Waals surface area contributed by atoms with E-state index in [0.29, 0.717) is 0 Å². The summed E-state index contributed by atoms with van der Waals surface area (Å²) in [6.45, 7) is 0. The van der Waals surface area contributed by atoms with E-state index in [1.807, 2.05) is 24.3 Å². The Kier molecular flexibility index (Phi) is 4.04. The van der Waals surface area contributed by atoms with E-state index in [1.165, 1.54) is 17.8 Å². The number of nitrogens with two attached hydrogens (primary N) is 2. The molecule has 0 atom stereocenters. The number of hydrogen-bond acceptors (Lipinski definition) is 3. The fourth-order valence-corrected chi connectivity index (χ4v) is 2.72. The Labute approximate surface area is 122 Å². The maximum atomic E-state index is 14.0. The van der Waals surface area contributed by atoms with Crippen LogP contribution in [0.25, 0.3) is 0 Å². The van der Waals surface area contributed by atoms with Gasteiger partial charge in [0.1, 0.15) is 5.02 Å². The topological polar surface area (TPSA) is 52.0 Å². The van der Waals surface area contributed by atoms with Gasteiger partial charge in [-0.05, 0) is 30.3 Å². The molecule has 0 amide bonds. The zero-order valence-electron chi connectivity index (χ0n) is 9.08. The van der Waals surface area contributed by atoms with Crippen molar-refractivity contribution in [1.82, 2.24) is 0 Å². The highest BCUT2D eigenvalue weighted by molar-refractivity contribution is 9.10. The highest BCUT2D eigenvalue weighted by atomic mass is 79.9. The third-order valence-electron chi connectivity index (χ3n) is 2.25. The largest absolute Gasteiger partial charge is 0.398 e. The van der Waals surface area contributed by atoms with Crippen molar-refractivity contribution in [2.45, 2.75) is 9.79 Å². The Balaban J connectivity index is 2.40. The van der Waals surface area contributed by atoms with Gasteiger partial charge in [-0.25, -0.2) is 4.39 Å². The highest BCUT2D eigenvalue weighted by Gasteiger charge is 2.15. The fourth-order valence-electron chi connectivity index (χ4n) is 1.37. The van der Waals surface area contributed by atoms with Crippen molar-refractivity contribution < 1.29 is 4.39 Å². The summed E-state index contributed by atoms with van der Waals surface area (Å²) in [6.07, 6.45) is 0. The Morgan fingerprint density at radius 2 is 1.72 bits per heavy atom. The molecule has 0 radical (unpaired) electrons. The van der Waals surface area contributed by atoms with Crippen LogP contribution in [-0.4, -0.2) is 0 Å². The van der Waals surface area contributed by atoms with Gasteiger partial charge in [0.2, 0.25) is 0 Å². The molecule has 0 heterocycles. The van der Waals surface area contributed by atoms with Crippen molar-refractivity contribution in [3.05, 3.63) is 45.6 Å². The number of hydrogen-bond donors (Lipinski definition) is 2. The molecule has 0 saturated heterocycles. The molecule has 0 aliphatic heterocycles. The lowest BCUT2D eigenvalue weighted by Gasteiger charge is -2.10. The van der Waals surface area contributed by atoms with Crippen molar-refractivity contribution >= 4 is 50.7 Å². The van der Waals surface area contributed by atoms with Gasteiger partial charge < -0.3 is 11.5 Å². The van der Waals surface area contributed by atoms with Crippen molar-refractivity contribution in [2.24, 2.45) is 0 Å². The van der Waals surface area contributed by atoms with Crippen LogP contribution in [0.3, 0.4) is 0 Å². The highest BCUT2D eigenvalue weighted by Crippen LogP contribution is 2.39. The summed E-state index contributed by atoms with van der Waals surface area (Å²) in [5.41, 5.74) is 11.7. The Hall–Kier alpha value is -0.910. The normalized spacial score (nSPS) is 10.6. The molecule has 0 aliphatic rings. The minimum absolute atomic E-state index is 0.0937. The van der Waals surface area contributed by atoms with Crippen molar-refractivity contribution in [1.29, 1.82) is 0 Å². The molecule has 0 aromatic heterocycles. The van der Waals surface area contributed by atoms with E-state index in [4.69, 9.17) is 23.1 Å². The second-order valence-corrected chi connectivity index (χ2v) is 5.95.